The Hall–Kier alpha value is -0.470. The van der Waals surface area contributed by atoms with Gasteiger partial charge in [0.15, 0.2) is 0 Å². The molecule has 0 saturated carbocycles. The van der Waals surface area contributed by atoms with Gasteiger partial charge in [-0.15, -0.1) is 0 Å². The van der Waals surface area contributed by atoms with E-state index in [1.54, 1.807) is 0 Å². The number of hydrogen-bond acceptors (Lipinski definition) is 2. The second kappa shape index (κ2) is 5.92. The lowest BCUT2D eigenvalue weighted by Gasteiger charge is -2.21. The number of hydrogen-bond donors (Lipinski definition) is 1. The zero-order valence-electron chi connectivity index (χ0n) is 11.7. The normalized spacial score (nSPS) is 13.8. The Labute approximate surface area is 110 Å². The summed E-state index contributed by atoms with van der Waals surface area (Å²) < 4.78 is 0.305. The Morgan fingerprint density at radius 3 is 2.47 bits per heavy atom. The van der Waals surface area contributed by atoms with Gasteiger partial charge in [0.2, 0.25) is 0 Å². The molecule has 1 nitrogen and oxygen atoms in total. The second-order valence-corrected chi connectivity index (χ2v) is 7.66. The first-order valence-electron chi connectivity index (χ1n) is 6.23. The Kier molecular flexibility index (Phi) is 5.08. The van der Waals surface area contributed by atoms with E-state index in [9.17, 15) is 0 Å². The van der Waals surface area contributed by atoms with Crippen LogP contribution in [-0.4, -0.2) is 16.5 Å². The Bertz CT molecular complexity index is 366. The fraction of sp³-hybridized carbons (Fsp3) is 0.600. The average molecular weight is 251 g/mol. The molecular formula is C15H25NS. The van der Waals surface area contributed by atoms with Gasteiger partial charge in [-0.05, 0) is 31.4 Å². The maximum absolute atomic E-state index is 6.21. The largest absolute Gasteiger partial charge is 0.327 e. The van der Waals surface area contributed by atoms with Gasteiger partial charge in [0.05, 0.1) is 0 Å². The summed E-state index contributed by atoms with van der Waals surface area (Å²) >= 11 is 1.95. The summed E-state index contributed by atoms with van der Waals surface area (Å²) in [7, 11) is 0. The highest BCUT2D eigenvalue weighted by Crippen LogP contribution is 2.24. The van der Waals surface area contributed by atoms with Gasteiger partial charge in [-0.2, -0.15) is 11.8 Å². The monoisotopic (exact) mass is 251 g/mol. The van der Waals surface area contributed by atoms with Crippen LogP contribution < -0.4 is 5.73 Å². The van der Waals surface area contributed by atoms with Gasteiger partial charge < -0.3 is 5.73 Å². The number of aryl methyl sites for hydroxylation is 2. The molecule has 2 N–H and O–H groups in total. The fourth-order valence-electron chi connectivity index (χ4n) is 1.72. The summed E-state index contributed by atoms with van der Waals surface area (Å²) in [5, 5.41) is 0. The number of nitrogens with two attached hydrogens (primary N) is 1. The number of thioether (sulfide) groups is 1. The lowest BCUT2D eigenvalue weighted by molar-refractivity contribution is 0.731. The maximum Gasteiger partial charge on any atom is 0.0171 e. The molecule has 0 spiro atoms. The van der Waals surface area contributed by atoms with E-state index in [-0.39, 0.29) is 6.04 Å². The third kappa shape index (κ3) is 5.60. The molecule has 0 fully saturated rings. The van der Waals surface area contributed by atoms with E-state index in [1.807, 2.05) is 11.8 Å². The van der Waals surface area contributed by atoms with Gasteiger partial charge in [0.1, 0.15) is 0 Å². The van der Waals surface area contributed by atoms with Crippen LogP contribution in [0.2, 0.25) is 0 Å². The van der Waals surface area contributed by atoms with Crippen LogP contribution >= 0.6 is 11.8 Å². The highest BCUT2D eigenvalue weighted by Gasteiger charge is 2.14. The van der Waals surface area contributed by atoms with Gasteiger partial charge in [-0.25, -0.2) is 0 Å². The van der Waals surface area contributed by atoms with Gasteiger partial charge in [-0.3, -0.25) is 0 Å². The van der Waals surface area contributed by atoms with E-state index in [4.69, 9.17) is 5.73 Å². The van der Waals surface area contributed by atoms with Crippen molar-refractivity contribution in [3.8, 4) is 0 Å². The molecule has 0 saturated heterocycles. The quantitative estimate of drug-likeness (QED) is 0.883. The van der Waals surface area contributed by atoms with Crippen molar-refractivity contribution in [2.24, 2.45) is 5.73 Å². The Balaban J connectivity index is 2.56. The molecule has 0 radical (unpaired) electrons. The zero-order chi connectivity index (χ0) is 13.1. The molecule has 2 heteroatoms. The van der Waals surface area contributed by atoms with Crippen molar-refractivity contribution in [2.45, 2.75) is 51.8 Å². The average Bonchev–Trinajstić information content (AvgIpc) is 2.20. The molecule has 1 aromatic carbocycles. The first-order chi connectivity index (χ1) is 7.78. The van der Waals surface area contributed by atoms with Gasteiger partial charge in [-0.1, -0.05) is 44.5 Å². The van der Waals surface area contributed by atoms with E-state index in [0.717, 1.165) is 12.2 Å². The molecule has 1 aromatic rings. The van der Waals surface area contributed by atoms with Crippen LogP contribution in [0.5, 0.6) is 0 Å². The smallest absolute Gasteiger partial charge is 0.0171 e. The molecule has 1 atom stereocenters. The van der Waals surface area contributed by atoms with Crippen molar-refractivity contribution < 1.29 is 0 Å². The molecule has 17 heavy (non-hydrogen) atoms. The molecule has 0 amide bonds. The van der Waals surface area contributed by atoms with Crippen LogP contribution in [-0.2, 0) is 6.42 Å². The van der Waals surface area contributed by atoms with E-state index in [1.165, 1.54) is 16.7 Å². The van der Waals surface area contributed by atoms with Gasteiger partial charge in [0, 0.05) is 16.5 Å². The predicted octanol–water partition coefficient (Wildman–Crippen LogP) is 3.70. The van der Waals surface area contributed by atoms with Crippen molar-refractivity contribution in [3.05, 3.63) is 34.9 Å². The minimum absolute atomic E-state index is 0.250. The van der Waals surface area contributed by atoms with Crippen molar-refractivity contribution in [2.75, 3.05) is 5.75 Å². The molecule has 0 aliphatic carbocycles. The van der Waals surface area contributed by atoms with Gasteiger partial charge >= 0.3 is 0 Å². The molecule has 0 bridgehead atoms. The van der Waals surface area contributed by atoms with E-state index in [0.29, 0.717) is 4.75 Å². The zero-order valence-corrected chi connectivity index (χ0v) is 12.5. The van der Waals surface area contributed by atoms with E-state index >= 15 is 0 Å². The molecule has 1 unspecified atom stereocenters. The van der Waals surface area contributed by atoms with Crippen LogP contribution in [0, 0.1) is 13.8 Å². The highest BCUT2D eigenvalue weighted by molar-refractivity contribution is 8.00. The number of rotatable bonds is 4. The Morgan fingerprint density at radius 2 is 1.88 bits per heavy atom. The third-order valence-electron chi connectivity index (χ3n) is 2.72. The van der Waals surface area contributed by atoms with Crippen molar-refractivity contribution >= 4 is 11.8 Å². The lowest BCUT2D eigenvalue weighted by atomic mass is 10.00. The van der Waals surface area contributed by atoms with E-state index < -0.39 is 0 Å². The molecule has 96 valence electrons. The number of benzene rings is 1. The standard InChI is InChI=1S/C15H25NS/c1-11-6-7-12(2)13(8-11)9-14(16)10-17-15(3,4)5/h6-8,14H,9-10,16H2,1-5H3. The van der Waals surface area contributed by atoms with Crippen molar-refractivity contribution in [1.82, 2.24) is 0 Å². The molecule has 0 aromatic heterocycles. The fourth-order valence-corrected chi connectivity index (χ4v) is 2.55. The van der Waals surface area contributed by atoms with Crippen molar-refractivity contribution in [3.63, 3.8) is 0 Å². The minimum Gasteiger partial charge on any atom is -0.327 e. The van der Waals surface area contributed by atoms with Crippen LogP contribution in [0.4, 0.5) is 0 Å². The molecule has 0 aliphatic rings. The summed E-state index contributed by atoms with van der Waals surface area (Å²) in [6.45, 7) is 11.0. The van der Waals surface area contributed by atoms with Crippen LogP contribution in [0.3, 0.4) is 0 Å². The summed E-state index contributed by atoms with van der Waals surface area (Å²) in [6, 6.07) is 6.86. The van der Waals surface area contributed by atoms with Gasteiger partial charge in [0.25, 0.3) is 0 Å². The van der Waals surface area contributed by atoms with Crippen LogP contribution in [0.25, 0.3) is 0 Å². The van der Waals surface area contributed by atoms with Crippen molar-refractivity contribution in [1.29, 1.82) is 0 Å². The highest BCUT2D eigenvalue weighted by atomic mass is 32.2. The second-order valence-electron chi connectivity index (χ2n) is 5.82. The SMILES string of the molecule is Cc1ccc(C)c(CC(N)CSC(C)(C)C)c1. The molecule has 1 rings (SSSR count). The first-order valence-corrected chi connectivity index (χ1v) is 7.22. The summed E-state index contributed by atoms with van der Waals surface area (Å²) in [4.78, 5) is 0. The van der Waals surface area contributed by atoms with E-state index in [2.05, 4.69) is 52.8 Å². The Morgan fingerprint density at radius 1 is 1.24 bits per heavy atom. The summed E-state index contributed by atoms with van der Waals surface area (Å²) in [5.74, 6) is 1.02. The maximum atomic E-state index is 6.21. The first kappa shape index (κ1) is 14.6. The summed E-state index contributed by atoms with van der Waals surface area (Å²) in [5.41, 5.74) is 10.3. The lowest BCUT2D eigenvalue weighted by Crippen LogP contribution is -2.28. The molecular weight excluding hydrogens is 226 g/mol. The molecule has 0 heterocycles. The van der Waals surface area contributed by atoms with Crippen LogP contribution in [0.15, 0.2) is 18.2 Å². The predicted molar refractivity (Wildman–Crippen MR) is 79.8 cm³/mol. The summed E-state index contributed by atoms with van der Waals surface area (Å²) in [6.07, 6.45) is 0.983. The molecule has 0 aliphatic heterocycles. The minimum atomic E-state index is 0.250. The van der Waals surface area contributed by atoms with Crippen LogP contribution in [0.1, 0.15) is 37.5 Å². The third-order valence-corrected chi connectivity index (χ3v) is 4.18. The topological polar surface area (TPSA) is 26.0 Å².